The molecular weight excluding hydrogens is 294 g/mol. The Morgan fingerprint density at radius 2 is 2.14 bits per heavy atom. The van der Waals surface area contributed by atoms with Crippen LogP contribution in [0.2, 0.25) is 0 Å². The number of carboxylic acids is 1. The number of aryl methyl sites for hydroxylation is 1. The Kier molecular flexibility index (Phi) is 4.34. The minimum atomic E-state index is -3.71. The summed E-state index contributed by atoms with van der Waals surface area (Å²) in [6.45, 7) is 1.88. The van der Waals surface area contributed by atoms with Crippen LogP contribution in [0, 0.1) is 12.8 Å². The Morgan fingerprint density at radius 1 is 1.43 bits per heavy atom. The molecule has 0 radical (unpaired) electrons. The highest BCUT2D eigenvalue weighted by Gasteiger charge is 2.30. The van der Waals surface area contributed by atoms with Crippen molar-refractivity contribution in [2.24, 2.45) is 5.92 Å². The van der Waals surface area contributed by atoms with Crippen LogP contribution in [-0.4, -0.2) is 44.0 Å². The van der Waals surface area contributed by atoms with Gasteiger partial charge in [0.05, 0.1) is 17.9 Å². The summed E-state index contributed by atoms with van der Waals surface area (Å²) < 4.78 is 31.4. The molecule has 1 heterocycles. The highest BCUT2D eigenvalue weighted by Crippen LogP contribution is 2.25. The van der Waals surface area contributed by atoms with Crippen LogP contribution < -0.4 is 4.74 Å². The van der Waals surface area contributed by atoms with E-state index in [1.807, 2.05) is 0 Å². The summed E-state index contributed by atoms with van der Waals surface area (Å²) in [5, 5.41) is 9.02. The summed E-state index contributed by atoms with van der Waals surface area (Å²) in [6, 6.07) is 4.59. The van der Waals surface area contributed by atoms with E-state index in [0.717, 1.165) is 0 Å². The van der Waals surface area contributed by atoms with Crippen molar-refractivity contribution in [3.8, 4) is 5.75 Å². The highest BCUT2D eigenvalue weighted by atomic mass is 32.2. The number of ether oxygens (including phenoxy) is 1. The van der Waals surface area contributed by atoms with Crippen LogP contribution in [0.15, 0.2) is 35.2 Å². The zero-order valence-electron chi connectivity index (χ0n) is 11.8. The van der Waals surface area contributed by atoms with E-state index in [9.17, 15) is 13.2 Å². The second-order valence-corrected chi connectivity index (χ2v) is 6.76. The number of rotatable bonds is 4. The second-order valence-electron chi connectivity index (χ2n) is 4.83. The van der Waals surface area contributed by atoms with E-state index < -0.39 is 21.9 Å². The van der Waals surface area contributed by atoms with Crippen molar-refractivity contribution in [3.05, 3.63) is 35.9 Å². The lowest BCUT2D eigenvalue weighted by Crippen LogP contribution is -2.39. The van der Waals surface area contributed by atoms with E-state index in [-0.39, 0.29) is 18.0 Å². The molecule has 1 aliphatic rings. The van der Waals surface area contributed by atoms with Crippen molar-refractivity contribution in [3.63, 3.8) is 0 Å². The van der Waals surface area contributed by atoms with E-state index in [1.54, 1.807) is 19.1 Å². The van der Waals surface area contributed by atoms with Gasteiger partial charge in [0.1, 0.15) is 5.75 Å². The smallest absolute Gasteiger partial charge is 0.311 e. The minimum absolute atomic E-state index is 0.0563. The summed E-state index contributed by atoms with van der Waals surface area (Å²) in [4.78, 5) is 11.2. The van der Waals surface area contributed by atoms with E-state index in [2.05, 4.69) is 0 Å². The molecule has 21 heavy (non-hydrogen) atoms. The molecule has 114 valence electrons. The van der Waals surface area contributed by atoms with Gasteiger partial charge in [-0.2, -0.15) is 4.31 Å². The van der Waals surface area contributed by atoms with Crippen molar-refractivity contribution in [1.29, 1.82) is 0 Å². The van der Waals surface area contributed by atoms with Crippen LogP contribution in [0.1, 0.15) is 5.56 Å². The molecule has 1 unspecified atom stereocenters. The lowest BCUT2D eigenvalue weighted by Gasteiger charge is -2.26. The molecule has 0 fully saturated rings. The summed E-state index contributed by atoms with van der Waals surface area (Å²) >= 11 is 0. The molecule has 1 aromatic rings. The third-order valence-electron chi connectivity index (χ3n) is 3.40. The van der Waals surface area contributed by atoms with Gasteiger partial charge in [-0.3, -0.25) is 4.79 Å². The molecule has 0 saturated heterocycles. The molecule has 0 aromatic heterocycles. The number of carbonyl (C=O) groups is 1. The van der Waals surface area contributed by atoms with Gasteiger partial charge in [-0.25, -0.2) is 8.42 Å². The summed E-state index contributed by atoms with van der Waals surface area (Å²) in [7, 11) is -2.20. The molecule has 0 spiro atoms. The fourth-order valence-corrected chi connectivity index (χ4v) is 3.72. The monoisotopic (exact) mass is 311 g/mol. The van der Waals surface area contributed by atoms with Crippen molar-refractivity contribution in [2.75, 3.05) is 20.2 Å². The van der Waals surface area contributed by atoms with Gasteiger partial charge in [-0.1, -0.05) is 12.2 Å². The first kappa shape index (κ1) is 15.5. The van der Waals surface area contributed by atoms with Crippen LogP contribution in [0.4, 0.5) is 0 Å². The predicted molar refractivity (Wildman–Crippen MR) is 76.8 cm³/mol. The first-order chi connectivity index (χ1) is 9.86. The largest absolute Gasteiger partial charge is 0.496 e. The third kappa shape index (κ3) is 3.08. The number of methoxy groups -OCH3 is 1. The summed E-state index contributed by atoms with van der Waals surface area (Å²) in [5.74, 6) is -1.24. The Balaban J connectivity index is 2.32. The Labute approximate surface area is 123 Å². The first-order valence-electron chi connectivity index (χ1n) is 6.40. The normalized spacial score (nSPS) is 19.4. The number of nitrogens with zero attached hydrogens (tertiary/aromatic N) is 1. The number of hydrogen-bond acceptors (Lipinski definition) is 4. The molecule has 1 N–H and O–H groups in total. The van der Waals surface area contributed by atoms with Crippen LogP contribution in [-0.2, 0) is 14.8 Å². The molecule has 7 heteroatoms. The fourth-order valence-electron chi connectivity index (χ4n) is 2.21. The lowest BCUT2D eigenvalue weighted by molar-refractivity contribution is -0.140. The molecule has 0 amide bonds. The zero-order chi connectivity index (χ0) is 15.6. The topological polar surface area (TPSA) is 83.9 Å². The van der Waals surface area contributed by atoms with Gasteiger partial charge in [-0.05, 0) is 30.7 Å². The van der Waals surface area contributed by atoms with Crippen LogP contribution in [0.3, 0.4) is 0 Å². The molecule has 0 saturated carbocycles. The van der Waals surface area contributed by atoms with Gasteiger partial charge in [-0.15, -0.1) is 0 Å². The standard InChI is InChI=1S/C14H17NO5S/c1-10-8-12(5-6-13(10)20-2)21(18,19)15-7-3-4-11(9-15)14(16)17/h3-6,8,11H,7,9H2,1-2H3,(H,16,17). The molecule has 1 aliphatic heterocycles. The van der Waals surface area contributed by atoms with Crippen LogP contribution in [0.25, 0.3) is 0 Å². The van der Waals surface area contributed by atoms with Gasteiger partial charge >= 0.3 is 5.97 Å². The number of sulfonamides is 1. The summed E-state index contributed by atoms with van der Waals surface area (Å²) in [6.07, 6.45) is 3.09. The van der Waals surface area contributed by atoms with Gasteiger partial charge in [0.15, 0.2) is 0 Å². The van der Waals surface area contributed by atoms with E-state index in [4.69, 9.17) is 9.84 Å². The second kappa shape index (κ2) is 5.87. The van der Waals surface area contributed by atoms with Crippen molar-refractivity contribution in [2.45, 2.75) is 11.8 Å². The third-order valence-corrected chi connectivity index (χ3v) is 5.23. The van der Waals surface area contributed by atoms with Gasteiger partial charge in [0, 0.05) is 13.1 Å². The van der Waals surface area contributed by atoms with Crippen molar-refractivity contribution >= 4 is 16.0 Å². The van der Waals surface area contributed by atoms with Crippen molar-refractivity contribution < 1.29 is 23.1 Å². The van der Waals surface area contributed by atoms with Crippen LogP contribution in [0.5, 0.6) is 5.75 Å². The SMILES string of the molecule is COc1ccc(S(=O)(=O)N2CC=CC(C(=O)O)C2)cc1C. The average Bonchev–Trinajstić information content (AvgIpc) is 2.47. The lowest BCUT2D eigenvalue weighted by atomic mass is 10.1. The number of aliphatic carboxylic acids is 1. The molecule has 1 aromatic carbocycles. The van der Waals surface area contributed by atoms with E-state index in [1.165, 1.54) is 29.6 Å². The Bertz CT molecular complexity index is 681. The predicted octanol–water partition coefficient (Wildman–Crippen LogP) is 1.26. The van der Waals surface area contributed by atoms with Gasteiger partial charge in [0.25, 0.3) is 0 Å². The molecule has 1 atom stereocenters. The molecule has 6 nitrogen and oxygen atoms in total. The maximum atomic E-state index is 12.6. The zero-order valence-corrected chi connectivity index (χ0v) is 12.6. The van der Waals surface area contributed by atoms with Gasteiger partial charge in [0.2, 0.25) is 10.0 Å². The summed E-state index contributed by atoms with van der Waals surface area (Å²) in [5.41, 5.74) is 0.709. The number of benzene rings is 1. The number of hydrogen-bond donors (Lipinski definition) is 1. The maximum absolute atomic E-state index is 12.6. The Hall–Kier alpha value is -1.86. The van der Waals surface area contributed by atoms with Gasteiger partial charge < -0.3 is 9.84 Å². The molecular formula is C14H17NO5S. The molecule has 2 rings (SSSR count). The van der Waals surface area contributed by atoms with Crippen LogP contribution >= 0.6 is 0 Å². The quantitative estimate of drug-likeness (QED) is 0.846. The maximum Gasteiger partial charge on any atom is 0.311 e. The average molecular weight is 311 g/mol. The number of carboxylic acid groups (broad SMARTS) is 1. The highest BCUT2D eigenvalue weighted by molar-refractivity contribution is 7.89. The van der Waals surface area contributed by atoms with E-state index in [0.29, 0.717) is 11.3 Å². The van der Waals surface area contributed by atoms with Crippen molar-refractivity contribution in [1.82, 2.24) is 4.31 Å². The molecule has 0 bridgehead atoms. The van der Waals surface area contributed by atoms with E-state index >= 15 is 0 Å². The fraction of sp³-hybridized carbons (Fsp3) is 0.357. The minimum Gasteiger partial charge on any atom is -0.496 e. The molecule has 0 aliphatic carbocycles. The Morgan fingerprint density at radius 3 is 2.71 bits per heavy atom. The first-order valence-corrected chi connectivity index (χ1v) is 7.84.